The molecule has 1 aliphatic rings. The number of carbonyl (C=O) groups excluding carboxylic acids is 1. The summed E-state index contributed by atoms with van der Waals surface area (Å²) in [6.07, 6.45) is 3.09. The standard InChI is InChI=1S/C15H23N3O3S.ClH/c1-11-6-7-12(9-14(11)17-22(3,20)21)15(19)18-8-4-5-13(18)10-16-2;/h6-7,9,13,16-17H,4-5,8,10H2,1-3H3;1H. The Hall–Kier alpha value is -1.31. The molecule has 0 aliphatic carbocycles. The molecule has 6 nitrogen and oxygen atoms in total. The number of likely N-dealkylation sites (tertiary alicyclic amines) is 1. The SMILES string of the molecule is CNCC1CCCN1C(=O)c1ccc(C)c(NS(C)(=O)=O)c1.Cl. The second kappa shape index (κ2) is 7.99. The monoisotopic (exact) mass is 361 g/mol. The van der Waals surface area contributed by atoms with Crippen LogP contribution in [0.4, 0.5) is 5.69 Å². The summed E-state index contributed by atoms with van der Waals surface area (Å²) in [5, 5.41) is 3.11. The van der Waals surface area contributed by atoms with Crippen molar-refractivity contribution in [3.05, 3.63) is 29.3 Å². The highest BCUT2D eigenvalue weighted by atomic mass is 35.5. The van der Waals surface area contributed by atoms with Crippen LogP contribution in [0, 0.1) is 6.92 Å². The number of carbonyl (C=O) groups is 1. The fourth-order valence-electron chi connectivity index (χ4n) is 2.78. The molecule has 0 radical (unpaired) electrons. The molecule has 23 heavy (non-hydrogen) atoms. The van der Waals surface area contributed by atoms with E-state index in [9.17, 15) is 13.2 Å². The van der Waals surface area contributed by atoms with Gasteiger partial charge in [-0.1, -0.05) is 6.07 Å². The van der Waals surface area contributed by atoms with Gasteiger partial charge in [0.25, 0.3) is 5.91 Å². The minimum atomic E-state index is -3.37. The Morgan fingerprint density at radius 2 is 2.09 bits per heavy atom. The van der Waals surface area contributed by atoms with Gasteiger partial charge in [0.05, 0.1) is 11.9 Å². The van der Waals surface area contributed by atoms with Gasteiger partial charge in [-0.2, -0.15) is 0 Å². The van der Waals surface area contributed by atoms with Crippen molar-refractivity contribution in [2.75, 3.05) is 31.1 Å². The molecule has 1 atom stereocenters. The number of sulfonamides is 1. The van der Waals surface area contributed by atoms with Crippen molar-refractivity contribution in [3.63, 3.8) is 0 Å². The number of anilines is 1. The first-order valence-corrected chi connectivity index (χ1v) is 9.25. The van der Waals surface area contributed by atoms with E-state index in [1.54, 1.807) is 25.1 Å². The lowest BCUT2D eigenvalue weighted by atomic mass is 10.1. The lowest BCUT2D eigenvalue weighted by molar-refractivity contribution is 0.0737. The Balaban J connectivity index is 0.00000264. The summed E-state index contributed by atoms with van der Waals surface area (Å²) in [5.41, 5.74) is 1.76. The Bertz CT molecular complexity index is 664. The molecule has 1 heterocycles. The lowest BCUT2D eigenvalue weighted by Gasteiger charge is -2.25. The van der Waals surface area contributed by atoms with Gasteiger partial charge in [0.1, 0.15) is 0 Å². The van der Waals surface area contributed by atoms with E-state index >= 15 is 0 Å². The molecular weight excluding hydrogens is 338 g/mol. The highest BCUT2D eigenvalue weighted by Crippen LogP contribution is 2.23. The quantitative estimate of drug-likeness (QED) is 0.835. The van der Waals surface area contributed by atoms with Gasteiger partial charge in [-0.25, -0.2) is 8.42 Å². The van der Waals surface area contributed by atoms with E-state index in [1.807, 2.05) is 11.9 Å². The van der Waals surface area contributed by atoms with Crippen LogP contribution >= 0.6 is 12.4 Å². The van der Waals surface area contributed by atoms with Crippen LogP contribution in [0.1, 0.15) is 28.8 Å². The Labute approximate surface area is 144 Å². The van der Waals surface area contributed by atoms with Gasteiger partial charge in [-0.05, 0) is 44.5 Å². The number of halogens is 1. The first kappa shape index (κ1) is 19.7. The van der Waals surface area contributed by atoms with Gasteiger partial charge >= 0.3 is 0 Å². The first-order chi connectivity index (χ1) is 10.3. The molecule has 2 N–H and O–H groups in total. The van der Waals surface area contributed by atoms with Crippen LogP contribution in [0.3, 0.4) is 0 Å². The van der Waals surface area contributed by atoms with Gasteiger partial charge in [0.15, 0.2) is 0 Å². The Morgan fingerprint density at radius 3 is 2.70 bits per heavy atom. The third kappa shape index (κ3) is 5.09. The van der Waals surface area contributed by atoms with Crippen molar-refractivity contribution in [2.45, 2.75) is 25.8 Å². The average molecular weight is 362 g/mol. The number of aryl methyl sites for hydroxylation is 1. The maximum absolute atomic E-state index is 12.7. The van der Waals surface area contributed by atoms with Crippen LogP contribution in [0.5, 0.6) is 0 Å². The van der Waals surface area contributed by atoms with Crippen molar-refractivity contribution in [1.82, 2.24) is 10.2 Å². The Kier molecular flexibility index (Phi) is 6.85. The third-order valence-corrected chi connectivity index (χ3v) is 4.45. The van der Waals surface area contributed by atoms with Gasteiger partial charge in [-0.15, -0.1) is 12.4 Å². The number of hydrogen-bond donors (Lipinski definition) is 2. The third-order valence-electron chi connectivity index (χ3n) is 3.86. The average Bonchev–Trinajstić information content (AvgIpc) is 2.87. The van der Waals surface area contributed by atoms with Crippen molar-refractivity contribution in [1.29, 1.82) is 0 Å². The summed E-state index contributed by atoms with van der Waals surface area (Å²) in [6.45, 7) is 3.32. The molecule has 8 heteroatoms. The summed E-state index contributed by atoms with van der Waals surface area (Å²) < 4.78 is 25.3. The number of nitrogens with zero attached hydrogens (tertiary/aromatic N) is 1. The second-order valence-corrected chi connectivity index (χ2v) is 7.50. The van der Waals surface area contributed by atoms with Gasteiger partial charge in [0, 0.05) is 24.7 Å². The van der Waals surface area contributed by atoms with Crippen LogP contribution in [0.2, 0.25) is 0 Å². The van der Waals surface area contributed by atoms with Crippen molar-refractivity contribution in [3.8, 4) is 0 Å². The highest BCUT2D eigenvalue weighted by molar-refractivity contribution is 7.92. The molecule has 1 fully saturated rings. The zero-order valence-electron chi connectivity index (χ0n) is 13.6. The number of amides is 1. The minimum absolute atomic E-state index is 0. The largest absolute Gasteiger partial charge is 0.334 e. The lowest BCUT2D eigenvalue weighted by Crippen LogP contribution is -2.40. The van der Waals surface area contributed by atoms with Crippen LogP contribution in [-0.2, 0) is 10.0 Å². The van der Waals surface area contributed by atoms with Gasteiger partial charge in [-0.3, -0.25) is 9.52 Å². The predicted octanol–water partition coefficient (Wildman–Crippen LogP) is 1.61. The fourth-order valence-corrected chi connectivity index (χ4v) is 3.40. The number of benzene rings is 1. The second-order valence-electron chi connectivity index (χ2n) is 5.76. The smallest absolute Gasteiger partial charge is 0.254 e. The van der Waals surface area contributed by atoms with E-state index in [0.717, 1.165) is 37.8 Å². The number of hydrogen-bond acceptors (Lipinski definition) is 4. The van der Waals surface area contributed by atoms with E-state index in [4.69, 9.17) is 0 Å². The zero-order valence-corrected chi connectivity index (χ0v) is 15.3. The highest BCUT2D eigenvalue weighted by Gasteiger charge is 2.29. The zero-order chi connectivity index (χ0) is 16.3. The van der Waals surface area contributed by atoms with Crippen molar-refractivity contribution < 1.29 is 13.2 Å². The molecule has 1 aliphatic heterocycles. The van der Waals surface area contributed by atoms with Gasteiger partial charge < -0.3 is 10.2 Å². The predicted molar refractivity (Wildman–Crippen MR) is 94.9 cm³/mol. The molecule has 0 bridgehead atoms. The van der Waals surface area contributed by atoms with E-state index in [2.05, 4.69) is 10.0 Å². The van der Waals surface area contributed by atoms with Gasteiger partial charge in [0.2, 0.25) is 10.0 Å². The van der Waals surface area contributed by atoms with Crippen molar-refractivity contribution in [2.24, 2.45) is 0 Å². The van der Waals surface area contributed by atoms with E-state index < -0.39 is 10.0 Å². The molecule has 130 valence electrons. The topological polar surface area (TPSA) is 78.5 Å². The fraction of sp³-hybridized carbons (Fsp3) is 0.533. The van der Waals surface area contributed by atoms with Crippen LogP contribution in [-0.4, -0.2) is 51.7 Å². The van der Waals surface area contributed by atoms with Crippen LogP contribution in [0.25, 0.3) is 0 Å². The molecule has 1 saturated heterocycles. The summed E-state index contributed by atoms with van der Waals surface area (Å²) in [4.78, 5) is 14.5. The summed E-state index contributed by atoms with van der Waals surface area (Å²) in [7, 11) is -1.49. The molecule has 0 saturated carbocycles. The minimum Gasteiger partial charge on any atom is -0.334 e. The summed E-state index contributed by atoms with van der Waals surface area (Å²) >= 11 is 0. The van der Waals surface area contributed by atoms with E-state index in [-0.39, 0.29) is 24.4 Å². The summed E-state index contributed by atoms with van der Waals surface area (Å²) in [6, 6.07) is 5.34. The normalized spacial score (nSPS) is 17.7. The molecule has 2 rings (SSSR count). The number of rotatable bonds is 5. The van der Waals surface area contributed by atoms with E-state index in [1.165, 1.54) is 0 Å². The van der Waals surface area contributed by atoms with E-state index in [0.29, 0.717) is 11.3 Å². The number of nitrogens with one attached hydrogen (secondary N) is 2. The molecule has 1 unspecified atom stereocenters. The molecular formula is C15H24ClN3O3S. The van der Waals surface area contributed by atoms with Crippen LogP contribution in [0.15, 0.2) is 18.2 Å². The molecule has 1 amide bonds. The Morgan fingerprint density at radius 1 is 1.39 bits per heavy atom. The maximum Gasteiger partial charge on any atom is 0.254 e. The van der Waals surface area contributed by atoms with Crippen LogP contribution < -0.4 is 10.0 Å². The molecule has 0 aromatic heterocycles. The molecule has 0 spiro atoms. The first-order valence-electron chi connectivity index (χ1n) is 7.36. The van der Waals surface area contributed by atoms with Crippen molar-refractivity contribution >= 4 is 34.0 Å². The summed E-state index contributed by atoms with van der Waals surface area (Å²) in [5.74, 6) is -0.0469. The molecule has 1 aromatic carbocycles. The number of likely N-dealkylation sites (N-methyl/N-ethyl adjacent to an activating group) is 1. The maximum atomic E-state index is 12.7. The molecule has 1 aromatic rings.